The van der Waals surface area contributed by atoms with Crippen LogP contribution in [0.4, 0.5) is 0 Å². The Hall–Kier alpha value is -0.546. The Bertz CT molecular complexity index is 12.5. The van der Waals surface area contributed by atoms with Gasteiger partial charge in [-0.3, -0.25) is 0 Å². The third kappa shape index (κ3) is 742. The summed E-state index contributed by atoms with van der Waals surface area (Å²) in [5, 5.41) is 0. The first-order valence-corrected chi connectivity index (χ1v) is 2.00. The van der Waals surface area contributed by atoms with E-state index in [9.17, 15) is 0 Å². The van der Waals surface area contributed by atoms with Gasteiger partial charge in [0.05, 0.1) is 0 Å². The van der Waals surface area contributed by atoms with Crippen LogP contribution in [0.15, 0.2) is 52.6 Å². The molecule has 0 aliphatic rings. The molecule has 0 N–H and O–H groups in total. The smallest absolute Gasteiger partial charge is 0 e. The third-order valence-corrected chi connectivity index (χ3v) is 0. The maximum absolute atomic E-state index is 3.00. The van der Waals surface area contributed by atoms with Gasteiger partial charge in [-0.1, -0.05) is 0 Å². The Labute approximate surface area is 69.6 Å². The van der Waals surface area contributed by atoms with Crippen LogP contribution in [0.5, 0.6) is 0 Å². The summed E-state index contributed by atoms with van der Waals surface area (Å²) >= 11 is 0. The van der Waals surface area contributed by atoms with Crippen LogP contribution in [0.1, 0.15) is 0 Å². The molecule has 0 aromatic carbocycles. The van der Waals surface area contributed by atoms with Gasteiger partial charge in [0.25, 0.3) is 0 Å². The predicted octanol–water partition coefficient (Wildman–Crippen LogP) is 3.21. The van der Waals surface area contributed by atoms with E-state index in [0.717, 1.165) is 0 Å². The summed E-state index contributed by atoms with van der Waals surface area (Å²) in [6.07, 6.45) is 0. The predicted molar refractivity (Wildman–Crippen MR) is 45.0 cm³/mol. The second-order valence-electron chi connectivity index (χ2n) is 0. The zero-order valence-corrected chi connectivity index (χ0v) is 6.96. The van der Waals surface area contributed by atoms with Gasteiger partial charge < -0.3 is 0 Å². The van der Waals surface area contributed by atoms with E-state index in [0.29, 0.717) is 0 Å². The van der Waals surface area contributed by atoms with Gasteiger partial charge in [0.15, 0.2) is 0 Å². The summed E-state index contributed by atoms with van der Waals surface area (Å²) in [5.74, 6) is 0. The Kier molecular flexibility index (Phi) is 4550. The standard InChI is InChI=1S/4C2H4.Ni/c4*1-2;/h4*1-2H2;. The molecule has 0 atom stereocenters. The van der Waals surface area contributed by atoms with Crippen molar-refractivity contribution in [2.24, 2.45) is 0 Å². The Morgan fingerprint density at radius 2 is 0.333 bits per heavy atom. The van der Waals surface area contributed by atoms with Crippen LogP contribution in [-0.2, 0) is 16.5 Å². The van der Waals surface area contributed by atoms with E-state index < -0.39 is 0 Å². The van der Waals surface area contributed by atoms with E-state index >= 15 is 0 Å². The second-order valence-corrected chi connectivity index (χ2v) is 0. The Morgan fingerprint density at radius 1 is 0.333 bits per heavy atom. The maximum atomic E-state index is 3.00. The monoisotopic (exact) mass is 170 g/mol. The topological polar surface area (TPSA) is 0 Å². The fraction of sp³-hybridized carbons (Fsp3) is 0. The largest absolute Gasteiger partial charge is 0.106 e. The molecular formula is C8H16Ni. The minimum absolute atomic E-state index is 0. The molecule has 0 nitrogen and oxygen atoms in total. The van der Waals surface area contributed by atoms with Crippen LogP contribution in [0, 0.1) is 0 Å². The molecule has 0 aliphatic heterocycles. The van der Waals surface area contributed by atoms with Gasteiger partial charge in [0, 0.05) is 16.5 Å². The molecule has 9 heavy (non-hydrogen) atoms. The van der Waals surface area contributed by atoms with E-state index in [2.05, 4.69) is 52.6 Å². The van der Waals surface area contributed by atoms with Crippen molar-refractivity contribution < 1.29 is 16.5 Å². The van der Waals surface area contributed by atoms with Crippen molar-refractivity contribution in [2.45, 2.75) is 0 Å². The van der Waals surface area contributed by atoms with Crippen molar-refractivity contribution in [2.75, 3.05) is 0 Å². The van der Waals surface area contributed by atoms with E-state index in [-0.39, 0.29) is 16.5 Å². The molecule has 0 spiro atoms. The summed E-state index contributed by atoms with van der Waals surface area (Å²) < 4.78 is 0. The molecule has 0 aliphatic carbocycles. The van der Waals surface area contributed by atoms with Crippen molar-refractivity contribution in [1.29, 1.82) is 0 Å². The first-order chi connectivity index (χ1) is 4.00. The van der Waals surface area contributed by atoms with Crippen LogP contribution in [0.2, 0.25) is 0 Å². The molecule has 0 amide bonds. The summed E-state index contributed by atoms with van der Waals surface area (Å²) in [7, 11) is 0. The molecule has 0 unspecified atom stereocenters. The summed E-state index contributed by atoms with van der Waals surface area (Å²) in [4.78, 5) is 0. The molecule has 0 heterocycles. The van der Waals surface area contributed by atoms with Crippen LogP contribution in [0.3, 0.4) is 0 Å². The minimum atomic E-state index is 0. The van der Waals surface area contributed by atoms with Crippen LogP contribution < -0.4 is 0 Å². The van der Waals surface area contributed by atoms with Gasteiger partial charge >= 0.3 is 0 Å². The number of hydrogen-bond acceptors (Lipinski definition) is 0. The molecule has 0 saturated heterocycles. The van der Waals surface area contributed by atoms with Gasteiger partial charge in [-0.15, -0.1) is 52.6 Å². The quantitative estimate of drug-likeness (QED) is 0.387. The first-order valence-electron chi connectivity index (χ1n) is 2.00. The number of hydrogen-bond donors (Lipinski definition) is 0. The molecule has 0 radical (unpaired) electrons. The SMILES string of the molecule is C=C.C=C.C=C.C=C.[Ni]. The van der Waals surface area contributed by atoms with Crippen molar-refractivity contribution in [3.63, 3.8) is 0 Å². The van der Waals surface area contributed by atoms with E-state index in [1.54, 1.807) is 0 Å². The molecule has 0 rings (SSSR count). The van der Waals surface area contributed by atoms with Gasteiger partial charge in [-0.2, -0.15) is 0 Å². The fourth-order valence-electron chi connectivity index (χ4n) is 0. The molecule has 58 valence electrons. The molecule has 1 heteroatoms. The molecule has 0 bridgehead atoms. The Morgan fingerprint density at radius 3 is 0.333 bits per heavy atom. The average Bonchev–Trinajstić information content (AvgIpc) is 2.03. The van der Waals surface area contributed by atoms with Gasteiger partial charge in [0.1, 0.15) is 0 Å². The van der Waals surface area contributed by atoms with E-state index in [1.165, 1.54) is 0 Å². The molecule has 0 saturated carbocycles. The summed E-state index contributed by atoms with van der Waals surface area (Å²) in [6, 6.07) is 0. The van der Waals surface area contributed by atoms with Gasteiger partial charge in [-0.25, -0.2) is 0 Å². The van der Waals surface area contributed by atoms with Crippen molar-refractivity contribution in [3.05, 3.63) is 52.6 Å². The minimum Gasteiger partial charge on any atom is -0.106 e. The van der Waals surface area contributed by atoms with Crippen LogP contribution in [0.25, 0.3) is 0 Å². The first kappa shape index (κ1) is 39.4. The van der Waals surface area contributed by atoms with Crippen molar-refractivity contribution in [1.82, 2.24) is 0 Å². The van der Waals surface area contributed by atoms with Crippen molar-refractivity contribution >= 4 is 0 Å². The Balaban J connectivity index is -0.00000000762. The molecule has 0 aromatic rings. The zero-order chi connectivity index (χ0) is 8.00. The molecule has 0 aromatic heterocycles. The summed E-state index contributed by atoms with van der Waals surface area (Å²) in [6.45, 7) is 24.0. The van der Waals surface area contributed by atoms with Crippen LogP contribution in [-0.4, -0.2) is 0 Å². The molecular weight excluding hydrogens is 155 g/mol. The van der Waals surface area contributed by atoms with E-state index in [4.69, 9.17) is 0 Å². The fourth-order valence-corrected chi connectivity index (χ4v) is 0. The van der Waals surface area contributed by atoms with Gasteiger partial charge in [-0.05, 0) is 0 Å². The summed E-state index contributed by atoms with van der Waals surface area (Å²) in [5.41, 5.74) is 0. The maximum Gasteiger partial charge on any atom is 0 e. The normalized spacial score (nSPS) is 1.78. The van der Waals surface area contributed by atoms with E-state index in [1.807, 2.05) is 0 Å². The average molecular weight is 171 g/mol. The molecule has 0 fully saturated rings. The van der Waals surface area contributed by atoms with Gasteiger partial charge in [0.2, 0.25) is 0 Å². The zero-order valence-electron chi connectivity index (χ0n) is 5.97. The van der Waals surface area contributed by atoms with Crippen LogP contribution >= 0.6 is 0 Å². The second kappa shape index (κ2) is 1040. The number of rotatable bonds is 0. The third-order valence-electron chi connectivity index (χ3n) is 0. The van der Waals surface area contributed by atoms with Crippen molar-refractivity contribution in [3.8, 4) is 0 Å².